The van der Waals surface area contributed by atoms with E-state index in [1.807, 2.05) is 26.8 Å². The van der Waals surface area contributed by atoms with Crippen LogP contribution < -0.4 is 5.32 Å². The number of nitrogens with one attached hydrogen (secondary N) is 1. The van der Waals surface area contributed by atoms with E-state index in [0.29, 0.717) is 5.04 Å². The molecule has 0 aliphatic rings. The van der Waals surface area contributed by atoms with Gasteiger partial charge < -0.3 is 10.1 Å². The fourth-order valence-corrected chi connectivity index (χ4v) is 3.65. The maximum Gasteiger partial charge on any atom is 0.407 e. The number of carbonyl (C=O) groups is 1. The molecule has 0 rings (SSSR count). The van der Waals surface area contributed by atoms with Gasteiger partial charge in [-0.05, 0) is 38.7 Å². The second-order valence-electron chi connectivity index (χ2n) is 8.54. The molecule has 1 N–H and O–H groups in total. The first-order valence-electron chi connectivity index (χ1n) is 7.89. The van der Waals surface area contributed by atoms with Gasteiger partial charge in [0, 0.05) is 6.04 Å². The van der Waals surface area contributed by atoms with Gasteiger partial charge >= 0.3 is 6.09 Å². The van der Waals surface area contributed by atoms with Gasteiger partial charge in [0.1, 0.15) is 5.60 Å². The summed E-state index contributed by atoms with van der Waals surface area (Å²) in [6.07, 6.45) is 3.31. The van der Waals surface area contributed by atoms with Crippen LogP contribution in [0.5, 0.6) is 0 Å². The molecule has 1 amide bonds. The largest absolute Gasteiger partial charge is 0.444 e. The van der Waals surface area contributed by atoms with Crippen molar-refractivity contribution in [2.75, 3.05) is 0 Å². The van der Waals surface area contributed by atoms with Crippen molar-refractivity contribution in [1.29, 1.82) is 0 Å². The van der Waals surface area contributed by atoms with Crippen molar-refractivity contribution in [2.45, 2.75) is 90.2 Å². The molecular formula is C17H35NO2Si. The number of carbonyl (C=O) groups excluding carboxylic acids is 1. The predicted octanol–water partition coefficient (Wildman–Crippen LogP) is 5.35. The summed E-state index contributed by atoms with van der Waals surface area (Å²) in [5.41, 5.74) is -0.456. The van der Waals surface area contributed by atoms with Crippen LogP contribution >= 0.6 is 0 Å². The molecule has 0 unspecified atom stereocenters. The molecule has 0 aromatic carbocycles. The third-order valence-electron chi connectivity index (χ3n) is 4.32. The molecule has 0 aromatic heterocycles. The minimum atomic E-state index is -1.32. The zero-order valence-corrected chi connectivity index (χ0v) is 16.3. The van der Waals surface area contributed by atoms with Crippen LogP contribution in [0.3, 0.4) is 0 Å². The van der Waals surface area contributed by atoms with Gasteiger partial charge in [-0.2, -0.15) is 0 Å². The monoisotopic (exact) mass is 313 g/mol. The molecule has 1 atom stereocenters. The highest BCUT2D eigenvalue weighted by Crippen LogP contribution is 2.39. The third-order valence-corrected chi connectivity index (χ3v) is 9.92. The molecule has 0 fully saturated rings. The van der Waals surface area contributed by atoms with E-state index in [-0.39, 0.29) is 12.1 Å². The van der Waals surface area contributed by atoms with E-state index in [1.165, 1.54) is 6.04 Å². The molecule has 0 aliphatic heterocycles. The Kier molecular flexibility index (Phi) is 7.20. The number of hydrogen-bond acceptors (Lipinski definition) is 2. The van der Waals surface area contributed by atoms with Crippen LogP contribution in [0.25, 0.3) is 0 Å². The van der Waals surface area contributed by atoms with Crippen molar-refractivity contribution in [3.63, 3.8) is 0 Å². The molecule has 124 valence electrons. The highest BCUT2D eigenvalue weighted by Gasteiger charge is 2.35. The lowest BCUT2D eigenvalue weighted by Gasteiger charge is -2.38. The molecule has 0 aromatic rings. The molecule has 4 heteroatoms. The van der Waals surface area contributed by atoms with Crippen LogP contribution in [0.1, 0.15) is 54.4 Å². The first kappa shape index (κ1) is 20.2. The molecule has 21 heavy (non-hydrogen) atoms. The average Bonchev–Trinajstić information content (AvgIpc) is 2.22. The maximum atomic E-state index is 11.9. The molecule has 0 radical (unpaired) electrons. The number of rotatable bonds is 6. The summed E-state index contributed by atoms with van der Waals surface area (Å²) in [6.45, 7) is 21.2. The Labute approximate surface area is 132 Å². The van der Waals surface area contributed by atoms with Crippen LogP contribution in [0, 0.1) is 0 Å². The van der Waals surface area contributed by atoms with Gasteiger partial charge in [-0.25, -0.2) is 4.79 Å². The summed E-state index contributed by atoms with van der Waals surface area (Å²) >= 11 is 0. The van der Waals surface area contributed by atoms with E-state index in [2.05, 4.69) is 45.8 Å². The summed E-state index contributed by atoms with van der Waals surface area (Å²) in [5.74, 6) is 0. The maximum absolute atomic E-state index is 11.9. The van der Waals surface area contributed by atoms with Crippen LogP contribution in [0.2, 0.25) is 24.2 Å². The van der Waals surface area contributed by atoms with Crippen molar-refractivity contribution in [3.05, 3.63) is 12.7 Å². The Morgan fingerprint density at radius 3 is 2.14 bits per heavy atom. The Balaban J connectivity index is 4.58. The Bertz CT molecular complexity index is 351. The summed E-state index contributed by atoms with van der Waals surface area (Å²) < 4.78 is 5.34. The molecule has 0 heterocycles. The predicted molar refractivity (Wildman–Crippen MR) is 94.6 cm³/mol. The number of alkyl carbamates (subject to hydrolysis) is 1. The van der Waals surface area contributed by atoms with E-state index in [9.17, 15) is 4.79 Å². The van der Waals surface area contributed by atoms with Crippen molar-refractivity contribution < 1.29 is 9.53 Å². The number of ether oxygens (including phenoxy) is 1. The van der Waals surface area contributed by atoms with Crippen molar-refractivity contribution >= 4 is 14.2 Å². The number of hydrogen-bond donors (Lipinski definition) is 1. The normalized spacial score (nSPS) is 14.5. The van der Waals surface area contributed by atoms with E-state index >= 15 is 0 Å². The van der Waals surface area contributed by atoms with E-state index in [4.69, 9.17) is 4.74 Å². The lowest BCUT2D eigenvalue weighted by molar-refractivity contribution is 0.0503. The van der Waals surface area contributed by atoms with E-state index in [0.717, 1.165) is 12.8 Å². The Hall–Kier alpha value is -0.773. The number of amides is 1. The second kappa shape index (κ2) is 7.48. The quantitative estimate of drug-likeness (QED) is 0.530. The van der Waals surface area contributed by atoms with Crippen molar-refractivity contribution in [3.8, 4) is 0 Å². The van der Waals surface area contributed by atoms with Gasteiger partial charge in [0.25, 0.3) is 0 Å². The fraction of sp³-hybridized carbons (Fsp3) is 0.824. The van der Waals surface area contributed by atoms with Gasteiger partial charge in [-0.1, -0.05) is 46.0 Å². The molecular weight excluding hydrogens is 278 g/mol. The van der Waals surface area contributed by atoms with Crippen molar-refractivity contribution in [1.82, 2.24) is 5.32 Å². The highest BCUT2D eigenvalue weighted by molar-refractivity contribution is 6.80. The standard InChI is InChI=1S/C17H35NO2Si/c1-10-11-14(18-15(19)20-16(2,3)4)12-13-21(8,9)17(5,6)7/h10,14H,1,11-13H2,2-9H3,(H,18,19)/t14-/m1/s1. The fourth-order valence-electron chi connectivity index (χ4n) is 1.83. The van der Waals surface area contributed by atoms with Gasteiger partial charge in [0.2, 0.25) is 0 Å². The van der Waals surface area contributed by atoms with Gasteiger partial charge in [0.05, 0.1) is 8.07 Å². The molecule has 3 nitrogen and oxygen atoms in total. The minimum absolute atomic E-state index is 0.117. The molecule has 0 saturated carbocycles. The van der Waals surface area contributed by atoms with Gasteiger partial charge in [0.15, 0.2) is 0 Å². The lowest BCUT2D eigenvalue weighted by atomic mass is 10.1. The Morgan fingerprint density at radius 1 is 1.24 bits per heavy atom. The van der Waals surface area contributed by atoms with E-state index < -0.39 is 13.7 Å². The molecule has 0 bridgehead atoms. The zero-order valence-electron chi connectivity index (χ0n) is 15.3. The zero-order chi connectivity index (χ0) is 16.9. The smallest absolute Gasteiger partial charge is 0.407 e. The SMILES string of the molecule is C=CC[C@H](CC[Si](C)(C)C(C)(C)C)NC(=O)OC(C)(C)C. The van der Waals surface area contributed by atoms with Crippen LogP contribution in [0.4, 0.5) is 4.79 Å². The molecule has 0 aliphatic carbocycles. The van der Waals surface area contributed by atoms with Gasteiger partial charge in [-0.3, -0.25) is 0 Å². The third kappa shape index (κ3) is 8.30. The first-order valence-corrected chi connectivity index (χ1v) is 11.1. The summed E-state index contributed by atoms with van der Waals surface area (Å²) in [4.78, 5) is 11.9. The lowest BCUT2D eigenvalue weighted by Crippen LogP contribution is -2.42. The molecule has 0 saturated heterocycles. The van der Waals surface area contributed by atoms with Crippen LogP contribution in [-0.2, 0) is 4.74 Å². The van der Waals surface area contributed by atoms with Crippen LogP contribution in [-0.4, -0.2) is 25.8 Å². The summed E-state index contributed by atoms with van der Waals surface area (Å²) in [5, 5.41) is 3.36. The Morgan fingerprint density at radius 2 is 1.76 bits per heavy atom. The summed E-state index contributed by atoms with van der Waals surface area (Å²) in [6, 6.07) is 1.30. The summed E-state index contributed by atoms with van der Waals surface area (Å²) in [7, 11) is -1.32. The van der Waals surface area contributed by atoms with Crippen LogP contribution in [0.15, 0.2) is 12.7 Å². The van der Waals surface area contributed by atoms with Gasteiger partial charge in [-0.15, -0.1) is 6.58 Å². The average molecular weight is 314 g/mol. The topological polar surface area (TPSA) is 38.3 Å². The van der Waals surface area contributed by atoms with E-state index in [1.54, 1.807) is 0 Å². The second-order valence-corrected chi connectivity index (χ2v) is 14.3. The highest BCUT2D eigenvalue weighted by atomic mass is 28.3. The molecule has 0 spiro atoms. The first-order chi connectivity index (χ1) is 9.28. The minimum Gasteiger partial charge on any atom is -0.444 e. The van der Waals surface area contributed by atoms with Crippen molar-refractivity contribution in [2.24, 2.45) is 0 Å².